The van der Waals surface area contributed by atoms with Crippen molar-refractivity contribution >= 4 is 35.1 Å². The summed E-state index contributed by atoms with van der Waals surface area (Å²) in [7, 11) is 0. The van der Waals surface area contributed by atoms with Crippen LogP contribution in [-0.4, -0.2) is 18.0 Å². The van der Waals surface area contributed by atoms with Crippen LogP contribution in [0.2, 0.25) is 10.0 Å². The molecule has 0 unspecified atom stereocenters. The Labute approximate surface area is 140 Å². The fourth-order valence-electron chi connectivity index (χ4n) is 2.23. The zero-order valence-corrected chi connectivity index (χ0v) is 14.2. The zero-order valence-electron chi connectivity index (χ0n) is 12.7. The molecule has 1 aliphatic rings. The minimum atomic E-state index is -0.825. The van der Waals surface area contributed by atoms with Gasteiger partial charge in [0, 0.05) is 10.0 Å². The van der Waals surface area contributed by atoms with Crippen LogP contribution in [0.25, 0.3) is 0 Å². The summed E-state index contributed by atoms with van der Waals surface area (Å²) in [5, 5.41) is 3.81. The van der Waals surface area contributed by atoms with Gasteiger partial charge < -0.3 is 10.1 Å². The first kappa shape index (κ1) is 17.1. The quantitative estimate of drug-likeness (QED) is 0.828. The maximum atomic E-state index is 12.1. The van der Waals surface area contributed by atoms with Gasteiger partial charge >= 0.3 is 5.97 Å². The third kappa shape index (κ3) is 4.14. The molecule has 1 aliphatic carbocycles. The molecule has 0 aromatic heterocycles. The number of hydrogen-bond acceptors (Lipinski definition) is 3. The van der Waals surface area contributed by atoms with Crippen LogP contribution in [0.4, 0.5) is 0 Å². The van der Waals surface area contributed by atoms with E-state index in [0.29, 0.717) is 16.0 Å². The highest BCUT2D eigenvalue weighted by molar-refractivity contribution is 6.35. The van der Waals surface area contributed by atoms with Crippen LogP contribution < -0.4 is 5.32 Å². The van der Waals surface area contributed by atoms with E-state index in [0.717, 1.165) is 12.0 Å². The second kappa shape index (κ2) is 6.88. The third-order valence-corrected chi connectivity index (χ3v) is 4.42. The topological polar surface area (TPSA) is 55.4 Å². The van der Waals surface area contributed by atoms with Crippen molar-refractivity contribution in [2.45, 2.75) is 39.3 Å². The van der Waals surface area contributed by atoms with Crippen molar-refractivity contribution in [1.29, 1.82) is 0 Å². The monoisotopic (exact) mass is 343 g/mol. The maximum absolute atomic E-state index is 12.1. The van der Waals surface area contributed by atoms with Gasteiger partial charge in [-0.15, -0.1) is 0 Å². The molecule has 1 amide bonds. The average Bonchev–Trinajstić information content (AvgIpc) is 3.15. The van der Waals surface area contributed by atoms with E-state index in [4.69, 9.17) is 27.9 Å². The summed E-state index contributed by atoms with van der Waals surface area (Å²) in [6.45, 7) is 5.36. The number of carbonyl (C=O) groups excluding carboxylic acids is 2. The van der Waals surface area contributed by atoms with Gasteiger partial charge in [0.25, 0.3) is 5.91 Å². The van der Waals surface area contributed by atoms with E-state index in [2.05, 4.69) is 5.32 Å². The van der Waals surface area contributed by atoms with Gasteiger partial charge in [0.2, 0.25) is 0 Å². The predicted molar refractivity (Wildman–Crippen MR) is 85.8 cm³/mol. The third-order valence-electron chi connectivity index (χ3n) is 3.86. The molecule has 120 valence electrons. The Balaban J connectivity index is 1.91. The highest BCUT2D eigenvalue weighted by Gasteiger charge is 2.41. The summed E-state index contributed by atoms with van der Waals surface area (Å²) in [5.41, 5.74) is 0.758. The van der Waals surface area contributed by atoms with Gasteiger partial charge in [-0.05, 0) is 43.9 Å². The lowest BCUT2D eigenvalue weighted by Crippen LogP contribution is -2.37. The number of hydrogen-bond donors (Lipinski definition) is 1. The first-order valence-electron chi connectivity index (χ1n) is 7.25. The van der Waals surface area contributed by atoms with Crippen molar-refractivity contribution in [3.05, 3.63) is 33.8 Å². The second-order valence-electron chi connectivity index (χ2n) is 5.79. The number of ether oxygens (including phenoxy) is 1. The average molecular weight is 344 g/mol. The molecule has 0 aliphatic heterocycles. The first-order valence-corrected chi connectivity index (χ1v) is 8.01. The molecular formula is C16H19Cl2NO3. The lowest BCUT2D eigenvalue weighted by molar-refractivity contribution is -0.156. The van der Waals surface area contributed by atoms with Gasteiger partial charge in [-0.2, -0.15) is 0 Å². The molecule has 0 radical (unpaired) electrons. The van der Waals surface area contributed by atoms with Gasteiger partial charge in [-0.25, -0.2) is 0 Å². The van der Waals surface area contributed by atoms with Crippen molar-refractivity contribution in [2.24, 2.45) is 11.8 Å². The number of halogens is 2. The predicted octanol–water partition coefficient (Wildman–Crippen LogP) is 3.76. The smallest absolute Gasteiger partial charge is 0.309 e. The fraction of sp³-hybridized carbons (Fsp3) is 0.500. The number of nitrogens with one attached hydrogen (secondary N) is 1. The lowest BCUT2D eigenvalue weighted by Gasteiger charge is -2.19. The van der Waals surface area contributed by atoms with E-state index < -0.39 is 6.10 Å². The molecule has 1 aromatic carbocycles. The van der Waals surface area contributed by atoms with E-state index in [-0.39, 0.29) is 23.8 Å². The summed E-state index contributed by atoms with van der Waals surface area (Å²) in [5.74, 6) is -0.347. The second-order valence-corrected chi connectivity index (χ2v) is 6.64. The zero-order chi connectivity index (χ0) is 16.4. The van der Waals surface area contributed by atoms with E-state index in [1.807, 2.05) is 13.8 Å². The van der Waals surface area contributed by atoms with Crippen LogP contribution in [0, 0.1) is 11.8 Å². The Kier molecular flexibility index (Phi) is 5.35. The number of carbonyl (C=O) groups is 2. The number of esters is 1. The van der Waals surface area contributed by atoms with Gasteiger partial charge in [-0.1, -0.05) is 36.2 Å². The molecule has 0 spiro atoms. The normalized spacial score (nSPS) is 22.6. The van der Waals surface area contributed by atoms with Crippen LogP contribution >= 0.6 is 23.2 Å². The van der Waals surface area contributed by atoms with Crippen LogP contribution in [0.3, 0.4) is 0 Å². The van der Waals surface area contributed by atoms with E-state index in [1.165, 1.54) is 0 Å². The summed E-state index contributed by atoms with van der Waals surface area (Å²) < 4.78 is 5.19. The number of amides is 1. The molecule has 0 saturated heterocycles. The minimum absolute atomic E-state index is 0.0571. The molecule has 0 heterocycles. The van der Waals surface area contributed by atoms with Crippen molar-refractivity contribution in [2.75, 3.05) is 0 Å². The summed E-state index contributed by atoms with van der Waals surface area (Å²) >= 11 is 12.0. The maximum Gasteiger partial charge on any atom is 0.309 e. The summed E-state index contributed by atoms with van der Waals surface area (Å²) in [6, 6.07) is 4.79. The Morgan fingerprint density at radius 1 is 1.32 bits per heavy atom. The van der Waals surface area contributed by atoms with Gasteiger partial charge in [0.1, 0.15) is 0 Å². The minimum Gasteiger partial charge on any atom is -0.452 e. The van der Waals surface area contributed by atoms with Gasteiger partial charge in [0.15, 0.2) is 6.10 Å². The molecule has 4 nitrogen and oxygen atoms in total. The molecule has 1 saturated carbocycles. The van der Waals surface area contributed by atoms with Crippen molar-refractivity contribution < 1.29 is 14.3 Å². The molecule has 1 fully saturated rings. The van der Waals surface area contributed by atoms with E-state index in [9.17, 15) is 9.59 Å². The number of rotatable bonds is 5. The molecule has 22 heavy (non-hydrogen) atoms. The van der Waals surface area contributed by atoms with E-state index in [1.54, 1.807) is 25.1 Å². The lowest BCUT2D eigenvalue weighted by atomic mass is 10.1. The van der Waals surface area contributed by atoms with Gasteiger partial charge in [0.05, 0.1) is 12.0 Å². The van der Waals surface area contributed by atoms with Crippen LogP contribution in [0.1, 0.15) is 38.8 Å². The van der Waals surface area contributed by atoms with Crippen molar-refractivity contribution in [1.82, 2.24) is 5.32 Å². The Morgan fingerprint density at radius 2 is 1.95 bits per heavy atom. The van der Waals surface area contributed by atoms with Crippen LogP contribution in [0.5, 0.6) is 0 Å². The largest absolute Gasteiger partial charge is 0.452 e. The van der Waals surface area contributed by atoms with E-state index >= 15 is 0 Å². The summed E-state index contributed by atoms with van der Waals surface area (Å²) in [4.78, 5) is 23.8. The first-order chi connectivity index (χ1) is 10.3. The number of benzene rings is 1. The SMILES string of the molecule is C[C@H](OC(=O)[C@H]1C[C@@H]1C)C(=O)N[C@@H](C)c1ccc(Cl)cc1Cl. The molecule has 6 heteroatoms. The highest BCUT2D eigenvalue weighted by Crippen LogP contribution is 2.38. The van der Waals surface area contributed by atoms with Crippen LogP contribution in [0.15, 0.2) is 18.2 Å². The molecule has 1 N–H and O–H groups in total. The Morgan fingerprint density at radius 3 is 2.50 bits per heavy atom. The van der Waals surface area contributed by atoms with Crippen molar-refractivity contribution in [3.63, 3.8) is 0 Å². The Bertz CT molecular complexity index is 591. The molecule has 0 bridgehead atoms. The Hall–Kier alpha value is -1.26. The van der Waals surface area contributed by atoms with Crippen molar-refractivity contribution in [3.8, 4) is 0 Å². The molecular weight excluding hydrogens is 325 g/mol. The summed E-state index contributed by atoms with van der Waals surface area (Å²) in [6.07, 6.45) is 0.0121. The molecule has 1 aromatic rings. The fourth-order valence-corrected chi connectivity index (χ4v) is 2.80. The van der Waals surface area contributed by atoms with Gasteiger partial charge in [-0.3, -0.25) is 9.59 Å². The molecule has 2 rings (SSSR count). The standard InChI is InChI=1S/C16H19Cl2NO3/c1-8-6-13(8)16(21)22-10(3)15(20)19-9(2)12-5-4-11(17)7-14(12)18/h4-5,7-10,13H,6H2,1-3H3,(H,19,20)/t8-,9-,10-,13-/m0/s1. The molecule has 4 atom stereocenters. The van der Waals surface area contributed by atoms with Crippen LogP contribution in [-0.2, 0) is 14.3 Å². The highest BCUT2D eigenvalue weighted by atomic mass is 35.5.